The molecule has 5 N–H and O–H groups in total. The molecule has 0 aliphatic rings. The van der Waals surface area contributed by atoms with Crippen LogP contribution in [0.5, 0.6) is 0 Å². The van der Waals surface area contributed by atoms with Crippen molar-refractivity contribution in [3.63, 3.8) is 0 Å². The molecule has 0 unspecified atom stereocenters. The van der Waals surface area contributed by atoms with Crippen LogP contribution in [0.3, 0.4) is 0 Å². The Hall–Kier alpha value is -1.10. The van der Waals surface area contributed by atoms with Crippen molar-refractivity contribution in [2.45, 2.75) is 44.9 Å². The molecule has 0 saturated carbocycles. The van der Waals surface area contributed by atoms with E-state index in [9.17, 15) is 9.59 Å². The van der Waals surface area contributed by atoms with Crippen LogP contribution in [0.1, 0.15) is 44.9 Å². The second-order valence-corrected chi connectivity index (χ2v) is 3.87. The summed E-state index contributed by atoms with van der Waals surface area (Å²) in [4.78, 5) is 21.7. The van der Waals surface area contributed by atoms with Gasteiger partial charge in [0.15, 0.2) is 0 Å². The van der Waals surface area contributed by atoms with Crippen LogP contribution in [0.4, 0.5) is 0 Å². The largest absolute Gasteiger partial charge is 0.370 e. The molecule has 0 aromatic rings. The Morgan fingerprint density at radius 1 is 0.938 bits per heavy atom. The molecule has 5 nitrogen and oxygen atoms in total. The molecule has 0 aromatic heterocycles. The van der Waals surface area contributed by atoms with Gasteiger partial charge in [0, 0.05) is 19.4 Å². The zero-order valence-corrected chi connectivity index (χ0v) is 9.84. The smallest absolute Gasteiger partial charge is 0.219 e. The van der Waals surface area contributed by atoms with Gasteiger partial charge in [-0.1, -0.05) is 12.8 Å². The predicted molar refractivity (Wildman–Crippen MR) is 63.6 cm³/mol. The Morgan fingerprint density at radius 3 is 2.25 bits per heavy atom. The second kappa shape index (κ2) is 10.4. The van der Waals surface area contributed by atoms with E-state index in [1.165, 1.54) is 0 Å². The molecule has 0 bridgehead atoms. The molecule has 94 valence electrons. The number of rotatable bonds is 10. The minimum absolute atomic E-state index is 0.0530. The number of hydrogen-bond acceptors (Lipinski definition) is 3. The standard InChI is InChI=1S/C11H23N3O2/c12-8-4-2-1-3-7-11(16)14-9-5-6-10(13)15/h1-9,12H2,(H2,13,15)(H,14,16). The van der Waals surface area contributed by atoms with Crippen LogP contribution in [0.25, 0.3) is 0 Å². The number of primary amides is 1. The van der Waals surface area contributed by atoms with Crippen molar-refractivity contribution >= 4 is 11.8 Å². The minimum atomic E-state index is -0.323. The summed E-state index contributed by atoms with van der Waals surface area (Å²) in [7, 11) is 0. The van der Waals surface area contributed by atoms with Crippen molar-refractivity contribution in [1.82, 2.24) is 5.32 Å². The first-order valence-corrected chi connectivity index (χ1v) is 5.92. The molecular weight excluding hydrogens is 206 g/mol. The van der Waals surface area contributed by atoms with Crippen LogP contribution in [0.15, 0.2) is 0 Å². The summed E-state index contributed by atoms with van der Waals surface area (Å²) in [6.07, 6.45) is 5.57. The molecule has 0 radical (unpaired) electrons. The third-order valence-electron chi connectivity index (χ3n) is 2.28. The Labute approximate surface area is 96.9 Å². The van der Waals surface area contributed by atoms with Gasteiger partial charge in [-0.3, -0.25) is 9.59 Å². The molecule has 16 heavy (non-hydrogen) atoms. The first kappa shape index (κ1) is 14.9. The molecule has 0 aliphatic carbocycles. The van der Waals surface area contributed by atoms with Gasteiger partial charge in [0.25, 0.3) is 0 Å². The zero-order chi connectivity index (χ0) is 12.2. The maximum absolute atomic E-state index is 11.3. The first-order valence-electron chi connectivity index (χ1n) is 5.92. The second-order valence-electron chi connectivity index (χ2n) is 3.87. The lowest BCUT2D eigenvalue weighted by molar-refractivity contribution is -0.122. The topological polar surface area (TPSA) is 98.2 Å². The van der Waals surface area contributed by atoms with Crippen LogP contribution in [0.2, 0.25) is 0 Å². The Kier molecular flexibility index (Phi) is 9.70. The molecule has 0 aliphatic heterocycles. The minimum Gasteiger partial charge on any atom is -0.370 e. The lowest BCUT2D eigenvalue weighted by Gasteiger charge is -2.04. The van der Waals surface area contributed by atoms with Crippen LogP contribution in [-0.4, -0.2) is 24.9 Å². The van der Waals surface area contributed by atoms with Crippen LogP contribution in [-0.2, 0) is 9.59 Å². The maximum Gasteiger partial charge on any atom is 0.219 e. The van der Waals surface area contributed by atoms with Crippen molar-refractivity contribution in [3.05, 3.63) is 0 Å². The maximum atomic E-state index is 11.3. The van der Waals surface area contributed by atoms with E-state index in [1.807, 2.05) is 0 Å². The van der Waals surface area contributed by atoms with Gasteiger partial charge in [0.1, 0.15) is 0 Å². The van der Waals surface area contributed by atoms with E-state index in [0.717, 1.165) is 32.2 Å². The van der Waals surface area contributed by atoms with Crippen molar-refractivity contribution in [3.8, 4) is 0 Å². The van der Waals surface area contributed by atoms with Gasteiger partial charge in [-0.15, -0.1) is 0 Å². The lowest BCUT2D eigenvalue weighted by Crippen LogP contribution is -2.25. The third kappa shape index (κ3) is 11.0. The number of unbranched alkanes of at least 4 members (excludes halogenated alkanes) is 3. The quantitative estimate of drug-likeness (QED) is 0.469. The molecule has 0 aromatic carbocycles. The van der Waals surface area contributed by atoms with Crippen molar-refractivity contribution < 1.29 is 9.59 Å². The van der Waals surface area contributed by atoms with Crippen molar-refractivity contribution in [2.24, 2.45) is 11.5 Å². The highest BCUT2D eigenvalue weighted by Crippen LogP contribution is 2.01. The van der Waals surface area contributed by atoms with Gasteiger partial charge in [-0.2, -0.15) is 0 Å². The summed E-state index contributed by atoms with van der Waals surface area (Å²) in [5, 5.41) is 2.76. The first-order chi connectivity index (χ1) is 7.66. The highest BCUT2D eigenvalue weighted by Gasteiger charge is 2.00. The van der Waals surface area contributed by atoms with Crippen LogP contribution < -0.4 is 16.8 Å². The Bertz CT molecular complexity index is 207. The average molecular weight is 229 g/mol. The molecule has 5 heteroatoms. The molecule has 0 atom stereocenters. The number of carbonyl (C=O) groups excluding carboxylic acids is 2. The number of carbonyl (C=O) groups is 2. The van der Waals surface area contributed by atoms with Gasteiger partial charge < -0.3 is 16.8 Å². The molecule has 0 fully saturated rings. The summed E-state index contributed by atoms with van der Waals surface area (Å²) >= 11 is 0. The normalized spacial score (nSPS) is 10.1. The number of nitrogens with one attached hydrogen (secondary N) is 1. The molecule has 0 heterocycles. The summed E-state index contributed by atoms with van der Waals surface area (Å²) in [5.41, 5.74) is 10.3. The number of hydrogen-bond donors (Lipinski definition) is 3. The molecular formula is C11H23N3O2. The SMILES string of the molecule is NCCCCCCC(=O)NCCCC(N)=O. The summed E-state index contributed by atoms with van der Waals surface area (Å²) in [5.74, 6) is -0.270. The molecule has 0 saturated heterocycles. The van der Waals surface area contributed by atoms with Crippen LogP contribution >= 0.6 is 0 Å². The molecule has 0 spiro atoms. The Balaban J connectivity index is 3.21. The van der Waals surface area contributed by atoms with Gasteiger partial charge in [-0.25, -0.2) is 0 Å². The van der Waals surface area contributed by atoms with E-state index in [0.29, 0.717) is 25.8 Å². The van der Waals surface area contributed by atoms with Crippen molar-refractivity contribution in [2.75, 3.05) is 13.1 Å². The summed E-state index contributed by atoms with van der Waals surface area (Å²) in [6, 6.07) is 0. The van der Waals surface area contributed by atoms with E-state index >= 15 is 0 Å². The zero-order valence-electron chi connectivity index (χ0n) is 9.84. The highest BCUT2D eigenvalue weighted by atomic mass is 16.2. The summed E-state index contributed by atoms with van der Waals surface area (Å²) < 4.78 is 0. The molecule has 2 amide bonds. The summed E-state index contributed by atoms with van der Waals surface area (Å²) in [6.45, 7) is 1.25. The van der Waals surface area contributed by atoms with E-state index in [2.05, 4.69) is 5.32 Å². The number of nitrogens with two attached hydrogens (primary N) is 2. The predicted octanol–water partition coefficient (Wildman–Crippen LogP) is 0.277. The fourth-order valence-corrected chi connectivity index (χ4v) is 1.36. The van der Waals surface area contributed by atoms with Gasteiger partial charge in [0.05, 0.1) is 0 Å². The van der Waals surface area contributed by atoms with Crippen LogP contribution in [0, 0.1) is 0 Å². The fraction of sp³-hybridized carbons (Fsp3) is 0.818. The van der Waals surface area contributed by atoms with Gasteiger partial charge in [-0.05, 0) is 25.8 Å². The van der Waals surface area contributed by atoms with Gasteiger partial charge in [0.2, 0.25) is 11.8 Å². The monoisotopic (exact) mass is 229 g/mol. The van der Waals surface area contributed by atoms with E-state index in [1.54, 1.807) is 0 Å². The lowest BCUT2D eigenvalue weighted by atomic mass is 10.1. The third-order valence-corrected chi connectivity index (χ3v) is 2.28. The number of amides is 2. The molecule has 0 rings (SSSR count). The fourth-order valence-electron chi connectivity index (χ4n) is 1.36. The Morgan fingerprint density at radius 2 is 1.62 bits per heavy atom. The van der Waals surface area contributed by atoms with E-state index in [-0.39, 0.29) is 11.8 Å². The van der Waals surface area contributed by atoms with Crippen molar-refractivity contribution in [1.29, 1.82) is 0 Å². The van der Waals surface area contributed by atoms with E-state index in [4.69, 9.17) is 11.5 Å². The highest BCUT2D eigenvalue weighted by molar-refractivity contribution is 5.76. The van der Waals surface area contributed by atoms with Gasteiger partial charge >= 0.3 is 0 Å². The average Bonchev–Trinajstić information content (AvgIpc) is 2.24. The van der Waals surface area contributed by atoms with E-state index < -0.39 is 0 Å².